The average Bonchev–Trinajstić information content (AvgIpc) is 2.89. The molecule has 4 unspecified atom stereocenters. The Hall–Kier alpha value is -1.55. The number of aliphatic hydroxyl groups is 1. The van der Waals surface area contributed by atoms with E-state index in [-0.39, 0.29) is 23.4 Å². The van der Waals surface area contributed by atoms with Gasteiger partial charge in [0.15, 0.2) is 0 Å². The first-order valence-electron chi connectivity index (χ1n) is 8.84. The van der Waals surface area contributed by atoms with Gasteiger partial charge in [0.05, 0.1) is 11.9 Å². The van der Waals surface area contributed by atoms with Crippen molar-refractivity contribution in [2.45, 2.75) is 72.0 Å². The van der Waals surface area contributed by atoms with E-state index >= 15 is 0 Å². The van der Waals surface area contributed by atoms with Crippen molar-refractivity contribution in [3.8, 4) is 0 Å². The Morgan fingerprint density at radius 2 is 2.17 bits per heavy atom. The van der Waals surface area contributed by atoms with Gasteiger partial charge in [-0.25, -0.2) is 4.79 Å². The van der Waals surface area contributed by atoms with Crippen molar-refractivity contribution in [1.29, 1.82) is 0 Å². The Morgan fingerprint density at radius 1 is 1.46 bits per heavy atom. The van der Waals surface area contributed by atoms with E-state index in [2.05, 4.69) is 20.8 Å². The van der Waals surface area contributed by atoms with Gasteiger partial charge in [0.1, 0.15) is 11.9 Å². The molecule has 2 aliphatic rings. The minimum absolute atomic E-state index is 0.0762. The SMILES string of the molecule is CC=C(C)C(=O)OC1CCC2(O)Cc3occ(C)c3CC2(C)C1C. The number of ether oxygens (including phenoxy) is 1. The van der Waals surface area contributed by atoms with Crippen molar-refractivity contribution in [3.63, 3.8) is 0 Å². The molecular formula is C20H28O4. The summed E-state index contributed by atoms with van der Waals surface area (Å²) >= 11 is 0. The lowest BCUT2D eigenvalue weighted by Crippen LogP contribution is -2.61. The molecule has 2 aliphatic carbocycles. The van der Waals surface area contributed by atoms with Crippen LogP contribution in [0, 0.1) is 18.3 Å². The van der Waals surface area contributed by atoms with Crippen molar-refractivity contribution in [1.82, 2.24) is 0 Å². The van der Waals surface area contributed by atoms with E-state index in [1.165, 1.54) is 5.56 Å². The number of fused-ring (bicyclic) bond motifs is 2. The molecular weight excluding hydrogens is 304 g/mol. The topological polar surface area (TPSA) is 59.7 Å². The Labute approximate surface area is 143 Å². The maximum absolute atomic E-state index is 12.2. The number of allylic oxidation sites excluding steroid dienone is 1. The van der Waals surface area contributed by atoms with Crippen LogP contribution in [0.5, 0.6) is 0 Å². The van der Waals surface area contributed by atoms with Crippen LogP contribution in [0.2, 0.25) is 0 Å². The zero-order valence-corrected chi connectivity index (χ0v) is 15.3. The Morgan fingerprint density at radius 3 is 2.83 bits per heavy atom. The number of hydrogen-bond acceptors (Lipinski definition) is 4. The Balaban J connectivity index is 1.89. The first-order chi connectivity index (χ1) is 11.2. The maximum atomic E-state index is 12.2. The Bertz CT molecular complexity index is 686. The van der Waals surface area contributed by atoms with Crippen molar-refractivity contribution in [2.24, 2.45) is 11.3 Å². The van der Waals surface area contributed by atoms with Gasteiger partial charge < -0.3 is 14.3 Å². The molecule has 0 spiro atoms. The van der Waals surface area contributed by atoms with Crippen LogP contribution in [0.4, 0.5) is 0 Å². The molecule has 0 aliphatic heterocycles. The highest BCUT2D eigenvalue weighted by Gasteiger charge is 2.59. The third-order valence-corrected chi connectivity index (χ3v) is 6.67. The fraction of sp³-hybridized carbons (Fsp3) is 0.650. The molecule has 1 heterocycles. The van der Waals surface area contributed by atoms with Gasteiger partial charge in [0.25, 0.3) is 0 Å². The van der Waals surface area contributed by atoms with Gasteiger partial charge in [-0.05, 0) is 51.2 Å². The standard InChI is InChI=1S/C20H28O4/c1-6-12(2)18(21)24-16-7-8-20(22)10-17-15(13(3)11-23-17)9-19(20,5)14(16)4/h6,11,14,16,22H,7-10H2,1-5H3. The van der Waals surface area contributed by atoms with Gasteiger partial charge in [0.2, 0.25) is 0 Å². The second-order valence-electron chi connectivity index (χ2n) is 7.87. The summed E-state index contributed by atoms with van der Waals surface area (Å²) in [6.45, 7) is 9.90. The van der Waals surface area contributed by atoms with Crippen molar-refractivity contribution in [2.75, 3.05) is 0 Å². The fourth-order valence-electron chi connectivity index (χ4n) is 4.42. The molecule has 3 rings (SSSR count). The highest BCUT2D eigenvalue weighted by molar-refractivity contribution is 5.87. The summed E-state index contributed by atoms with van der Waals surface area (Å²) in [6.07, 6.45) is 6.02. The van der Waals surface area contributed by atoms with Crippen LogP contribution in [-0.2, 0) is 22.4 Å². The highest BCUT2D eigenvalue weighted by Crippen LogP contribution is 2.55. The molecule has 132 valence electrons. The van der Waals surface area contributed by atoms with Gasteiger partial charge >= 0.3 is 5.97 Å². The van der Waals surface area contributed by atoms with Gasteiger partial charge in [0, 0.05) is 23.3 Å². The molecule has 4 nitrogen and oxygen atoms in total. The summed E-state index contributed by atoms with van der Waals surface area (Å²) in [4.78, 5) is 12.2. The first kappa shape index (κ1) is 17.3. The summed E-state index contributed by atoms with van der Waals surface area (Å²) < 4.78 is 11.4. The molecule has 0 amide bonds. The lowest BCUT2D eigenvalue weighted by Gasteiger charge is -2.56. The largest absolute Gasteiger partial charge is 0.469 e. The maximum Gasteiger partial charge on any atom is 0.333 e. The average molecular weight is 332 g/mol. The summed E-state index contributed by atoms with van der Waals surface area (Å²) in [5, 5.41) is 11.4. The number of hydrogen-bond donors (Lipinski definition) is 1. The van der Waals surface area contributed by atoms with E-state index in [0.29, 0.717) is 24.8 Å². The molecule has 0 saturated heterocycles. The zero-order chi connectivity index (χ0) is 17.7. The molecule has 24 heavy (non-hydrogen) atoms. The molecule has 1 aromatic rings. The van der Waals surface area contributed by atoms with Gasteiger partial charge in [-0.3, -0.25) is 0 Å². The lowest BCUT2D eigenvalue weighted by molar-refractivity contribution is -0.189. The molecule has 4 heteroatoms. The molecule has 1 saturated carbocycles. The van der Waals surface area contributed by atoms with Crippen LogP contribution in [0.15, 0.2) is 22.3 Å². The third kappa shape index (κ3) is 2.43. The first-order valence-corrected chi connectivity index (χ1v) is 8.84. The molecule has 1 aromatic heterocycles. The second kappa shape index (κ2) is 5.76. The summed E-state index contributed by atoms with van der Waals surface area (Å²) in [7, 11) is 0. The number of esters is 1. The summed E-state index contributed by atoms with van der Waals surface area (Å²) in [5.41, 5.74) is 1.85. The molecule has 4 atom stereocenters. The highest BCUT2D eigenvalue weighted by atomic mass is 16.5. The van der Waals surface area contributed by atoms with Crippen molar-refractivity contribution in [3.05, 3.63) is 34.8 Å². The van der Waals surface area contributed by atoms with Crippen molar-refractivity contribution < 1.29 is 19.1 Å². The fourth-order valence-corrected chi connectivity index (χ4v) is 4.42. The van der Waals surface area contributed by atoms with Crippen LogP contribution < -0.4 is 0 Å². The quantitative estimate of drug-likeness (QED) is 0.662. The van der Waals surface area contributed by atoms with E-state index in [1.807, 2.05) is 6.92 Å². The number of carbonyl (C=O) groups is 1. The van der Waals surface area contributed by atoms with E-state index in [0.717, 1.165) is 17.7 Å². The van der Waals surface area contributed by atoms with Gasteiger partial charge in [-0.1, -0.05) is 19.9 Å². The number of furan rings is 1. The smallest absolute Gasteiger partial charge is 0.333 e. The lowest BCUT2D eigenvalue weighted by atomic mass is 9.52. The molecule has 1 N–H and O–H groups in total. The van der Waals surface area contributed by atoms with Gasteiger partial charge in [-0.15, -0.1) is 0 Å². The van der Waals surface area contributed by atoms with Crippen LogP contribution in [0.3, 0.4) is 0 Å². The zero-order valence-electron chi connectivity index (χ0n) is 15.3. The number of carbonyl (C=O) groups excluding carboxylic acids is 1. The molecule has 1 fully saturated rings. The minimum atomic E-state index is -0.803. The number of rotatable bonds is 2. The third-order valence-electron chi connectivity index (χ3n) is 6.67. The monoisotopic (exact) mass is 332 g/mol. The van der Waals surface area contributed by atoms with Crippen molar-refractivity contribution >= 4 is 5.97 Å². The van der Waals surface area contributed by atoms with Gasteiger partial charge in [-0.2, -0.15) is 0 Å². The van der Waals surface area contributed by atoms with Crippen LogP contribution in [-0.4, -0.2) is 22.8 Å². The molecule has 0 bridgehead atoms. The molecule has 0 aromatic carbocycles. The van der Waals surface area contributed by atoms with E-state index in [9.17, 15) is 9.90 Å². The predicted molar refractivity (Wildman–Crippen MR) is 91.6 cm³/mol. The van der Waals surface area contributed by atoms with Crippen LogP contribution >= 0.6 is 0 Å². The van der Waals surface area contributed by atoms with Crippen LogP contribution in [0.25, 0.3) is 0 Å². The minimum Gasteiger partial charge on any atom is -0.469 e. The summed E-state index contributed by atoms with van der Waals surface area (Å²) in [6, 6.07) is 0. The normalized spacial score (nSPS) is 36.0. The second-order valence-corrected chi connectivity index (χ2v) is 7.87. The van der Waals surface area contributed by atoms with E-state index in [4.69, 9.17) is 9.15 Å². The van der Waals surface area contributed by atoms with E-state index < -0.39 is 5.60 Å². The Kier molecular flexibility index (Phi) is 4.15. The predicted octanol–water partition coefficient (Wildman–Crippen LogP) is 3.73. The van der Waals surface area contributed by atoms with Crippen LogP contribution in [0.1, 0.15) is 57.4 Å². The summed E-state index contributed by atoms with van der Waals surface area (Å²) in [5.74, 6) is 0.742. The molecule has 0 radical (unpaired) electrons. The number of aryl methyl sites for hydroxylation is 1. The van der Waals surface area contributed by atoms with E-state index in [1.54, 1.807) is 19.3 Å².